The molecule has 1 aromatic heterocycles. The van der Waals surface area contributed by atoms with Gasteiger partial charge in [0.1, 0.15) is 5.82 Å². The number of amides is 2. The Hall–Kier alpha value is -3.42. The number of nitrogens with zero attached hydrogens (tertiary/aromatic N) is 2. The predicted molar refractivity (Wildman–Crippen MR) is 132 cm³/mol. The van der Waals surface area contributed by atoms with Gasteiger partial charge in [-0.15, -0.1) is 0 Å². The smallest absolute Gasteiger partial charge is 0.251 e. The van der Waals surface area contributed by atoms with Crippen molar-refractivity contribution in [1.82, 2.24) is 10.3 Å². The van der Waals surface area contributed by atoms with Crippen LogP contribution in [0.3, 0.4) is 0 Å². The Bertz CT molecular complexity index is 1070. The van der Waals surface area contributed by atoms with Gasteiger partial charge in [0, 0.05) is 47.2 Å². The zero-order valence-electron chi connectivity index (χ0n) is 20.0. The molecule has 3 atom stereocenters. The Balaban J connectivity index is 1.44. The summed E-state index contributed by atoms with van der Waals surface area (Å²) in [5, 5.41) is 6.48. The van der Waals surface area contributed by atoms with Gasteiger partial charge in [0.05, 0.1) is 5.56 Å². The second-order valence-corrected chi connectivity index (χ2v) is 9.47. The lowest BCUT2D eigenvalue weighted by molar-refractivity contribution is 0.0924. The molecule has 2 aromatic rings. The molecule has 2 unspecified atom stereocenters. The summed E-state index contributed by atoms with van der Waals surface area (Å²) in [7, 11) is 0. The molecule has 2 bridgehead atoms. The van der Waals surface area contributed by atoms with Gasteiger partial charge in [0.15, 0.2) is 5.78 Å². The highest BCUT2D eigenvalue weighted by Gasteiger charge is 2.41. The number of nitrogens with two attached hydrogens (primary N) is 1. The maximum Gasteiger partial charge on any atom is 0.251 e. The first-order valence-corrected chi connectivity index (χ1v) is 12.0. The van der Waals surface area contributed by atoms with Crippen molar-refractivity contribution in [2.45, 2.75) is 77.0 Å². The van der Waals surface area contributed by atoms with Crippen LogP contribution in [-0.2, 0) is 0 Å². The molecule has 8 heteroatoms. The number of anilines is 2. The molecular weight excluding hydrogens is 430 g/mol. The number of nitrogens with one attached hydrogen (secondary N) is 2. The largest absolute Gasteiger partial charge is 0.382 e. The van der Waals surface area contributed by atoms with Gasteiger partial charge in [0.2, 0.25) is 0 Å². The predicted octanol–water partition coefficient (Wildman–Crippen LogP) is 3.52. The highest BCUT2D eigenvalue weighted by atomic mass is 16.2. The Morgan fingerprint density at radius 2 is 1.79 bits per heavy atom. The molecule has 0 saturated carbocycles. The van der Waals surface area contributed by atoms with E-state index < -0.39 is 5.91 Å². The van der Waals surface area contributed by atoms with E-state index in [1.54, 1.807) is 31.3 Å². The average Bonchev–Trinajstić information content (AvgIpc) is 3.08. The van der Waals surface area contributed by atoms with Crippen LogP contribution < -0.4 is 21.3 Å². The van der Waals surface area contributed by atoms with E-state index in [2.05, 4.69) is 20.5 Å². The number of primary amides is 1. The minimum atomic E-state index is -0.522. The lowest BCUT2D eigenvalue weighted by Crippen LogP contribution is -2.50. The fourth-order valence-electron chi connectivity index (χ4n) is 5.07. The number of piperidine rings is 1. The average molecular weight is 464 g/mol. The Morgan fingerprint density at radius 1 is 1.12 bits per heavy atom. The molecular formula is C26H33N5O3. The molecule has 2 amide bonds. The minimum absolute atomic E-state index is 0.00909. The number of rotatable bonds is 8. The van der Waals surface area contributed by atoms with Gasteiger partial charge in [-0.3, -0.25) is 14.4 Å². The topological polar surface area (TPSA) is 117 Å². The number of hydrogen-bond donors (Lipinski definition) is 3. The first-order chi connectivity index (χ1) is 16.3. The highest BCUT2D eigenvalue weighted by Crippen LogP contribution is 2.38. The van der Waals surface area contributed by atoms with Gasteiger partial charge in [-0.25, -0.2) is 4.98 Å². The number of Topliss-reactive ketones (excluding diaryl/α,β-unsaturated/α-hetero) is 1. The molecule has 34 heavy (non-hydrogen) atoms. The number of hydrogen-bond acceptors (Lipinski definition) is 6. The number of benzene rings is 1. The van der Waals surface area contributed by atoms with Crippen molar-refractivity contribution < 1.29 is 14.4 Å². The van der Waals surface area contributed by atoms with Crippen molar-refractivity contribution in [3.63, 3.8) is 0 Å². The number of ketones is 1. The fourth-order valence-corrected chi connectivity index (χ4v) is 5.07. The van der Waals surface area contributed by atoms with E-state index >= 15 is 0 Å². The molecule has 4 rings (SSSR count). The molecule has 2 fully saturated rings. The number of fused-ring (bicyclic) bond motifs is 2. The molecule has 0 radical (unpaired) electrons. The maximum absolute atomic E-state index is 13.1. The van der Waals surface area contributed by atoms with Gasteiger partial charge in [-0.1, -0.05) is 6.92 Å². The monoisotopic (exact) mass is 463 g/mol. The summed E-state index contributed by atoms with van der Waals surface area (Å²) < 4.78 is 0. The van der Waals surface area contributed by atoms with Crippen LogP contribution in [0.15, 0.2) is 36.5 Å². The third-order valence-corrected chi connectivity index (χ3v) is 7.05. The summed E-state index contributed by atoms with van der Waals surface area (Å²) >= 11 is 0. The van der Waals surface area contributed by atoms with Crippen LogP contribution in [0, 0.1) is 0 Å². The van der Waals surface area contributed by atoms with Crippen molar-refractivity contribution in [2.24, 2.45) is 5.73 Å². The van der Waals surface area contributed by atoms with Gasteiger partial charge >= 0.3 is 0 Å². The van der Waals surface area contributed by atoms with Crippen molar-refractivity contribution in [3.8, 4) is 0 Å². The quantitative estimate of drug-likeness (QED) is 0.516. The van der Waals surface area contributed by atoms with Crippen LogP contribution in [0.4, 0.5) is 11.5 Å². The zero-order chi connectivity index (χ0) is 24.4. The van der Waals surface area contributed by atoms with Gasteiger partial charge in [-0.05, 0) is 76.3 Å². The van der Waals surface area contributed by atoms with Crippen LogP contribution in [-0.4, -0.2) is 46.7 Å². The molecule has 0 spiro atoms. The van der Waals surface area contributed by atoms with E-state index in [9.17, 15) is 14.4 Å². The fraction of sp³-hybridized carbons (Fsp3) is 0.462. The van der Waals surface area contributed by atoms with E-state index in [0.717, 1.165) is 37.9 Å². The van der Waals surface area contributed by atoms with Gasteiger partial charge in [-0.2, -0.15) is 0 Å². The first-order valence-electron chi connectivity index (χ1n) is 12.0. The molecule has 2 aliphatic heterocycles. The number of pyridine rings is 1. The highest BCUT2D eigenvalue weighted by molar-refractivity contribution is 6.02. The van der Waals surface area contributed by atoms with E-state index in [1.165, 1.54) is 0 Å². The van der Waals surface area contributed by atoms with Gasteiger partial charge in [0.25, 0.3) is 11.8 Å². The lowest BCUT2D eigenvalue weighted by Gasteiger charge is -2.40. The lowest BCUT2D eigenvalue weighted by atomic mass is 9.96. The molecule has 2 saturated heterocycles. The summed E-state index contributed by atoms with van der Waals surface area (Å²) in [6, 6.07) is 9.57. The summed E-state index contributed by atoms with van der Waals surface area (Å²) in [6.45, 7) is 5.61. The second kappa shape index (κ2) is 9.83. The van der Waals surface area contributed by atoms with Crippen LogP contribution in [0.2, 0.25) is 0 Å². The van der Waals surface area contributed by atoms with Gasteiger partial charge < -0.3 is 21.3 Å². The molecule has 8 nitrogen and oxygen atoms in total. The summed E-state index contributed by atoms with van der Waals surface area (Å²) in [5.41, 5.74) is 7.61. The summed E-state index contributed by atoms with van der Waals surface area (Å²) in [4.78, 5) is 43.3. The van der Waals surface area contributed by atoms with Crippen LogP contribution in [0.25, 0.3) is 0 Å². The van der Waals surface area contributed by atoms with Crippen molar-refractivity contribution in [3.05, 3.63) is 53.2 Å². The van der Waals surface area contributed by atoms with Crippen LogP contribution in [0.5, 0.6) is 0 Å². The summed E-state index contributed by atoms with van der Waals surface area (Å²) in [6.07, 6.45) is 6.33. The number of carbonyl (C=O) groups is 3. The molecule has 4 N–H and O–H groups in total. The van der Waals surface area contributed by atoms with Crippen molar-refractivity contribution >= 4 is 29.1 Å². The Kier molecular flexibility index (Phi) is 6.86. The third kappa shape index (κ3) is 4.90. The van der Waals surface area contributed by atoms with Crippen molar-refractivity contribution in [1.29, 1.82) is 0 Å². The van der Waals surface area contributed by atoms with Crippen molar-refractivity contribution in [2.75, 3.05) is 10.2 Å². The number of carbonyl (C=O) groups excluding carboxylic acids is 3. The maximum atomic E-state index is 13.1. The van der Waals surface area contributed by atoms with Crippen LogP contribution >= 0.6 is 0 Å². The standard InChI is InChI=1S/C26H33N5O3/c1-4-15(2)29-23-11-17(5-9-22(23)25(27)33)26(34)30-19-12-20-7-8-21(13-19)31(20)24-10-6-18(14-28-24)16(3)32/h5-6,9-11,14-15,19-21,29H,4,7-8,12-13H2,1-3H3,(H2,27,33)(H,30,34)/t15-,19?,20?,21?/m0/s1. The number of aromatic nitrogens is 1. The first kappa shape index (κ1) is 23.7. The summed E-state index contributed by atoms with van der Waals surface area (Å²) in [5.74, 6) is 0.233. The molecule has 3 heterocycles. The van der Waals surface area contributed by atoms with E-state index in [1.807, 2.05) is 26.0 Å². The Morgan fingerprint density at radius 3 is 2.35 bits per heavy atom. The van der Waals surface area contributed by atoms with Crippen LogP contribution in [0.1, 0.15) is 83.9 Å². The Labute approximate surface area is 200 Å². The molecule has 0 aliphatic carbocycles. The third-order valence-electron chi connectivity index (χ3n) is 7.05. The molecule has 2 aliphatic rings. The second-order valence-electron chi connectivity index (χ2n) is 9.47. The zero-order valence-corrected chi connectivity index (χ0v) is 20.0. The normalized spacial score (nSPS) is 22.2. The van der Waals surface area contributed by atoms with E-state index in [0.29, 0.717) is 34.5 Å². The van der Waals surface area contributed by atoms with E-state index in [-0.39, 0.29) is 23.8 Å². The molecule has 180 valence electrons. The van der Waals surface area contributed by atoms with E-state index in [4.69, 9.17) is 5.73 Å². The SMILES string of the molecule is CC[C@H](C)Nc1cc(C(=O)NC2CC3CCC(C2)N3c2ccc(C(C)=O)cn2)ccc1C(N)=O. The molecule has 1 aromatic carbocycles. The minimum Gasteiger partial charge on any atom is -0.382 e.